The normalized spacial score (nSPS) is 19.6. The van der Waals surface area contributed by atoms with E-state index in [1.54, 1.807) is 6.07 Å². The molecule has 122 valence electrons. The Hall–Kier alpha value is -2.56. The number of alkyl halides is 3. The van der Waals surface area contributed by atoms with E-state index in [4.69, 9.17) is 16.9 Å². The monoisotopic (exact) mass is 352 g/mol. The first kappa shape index (κ1) is 16.3. The number of halogens is 4. The molecule has 0 radical (unpaired) electrons. The van der Waals surface area contributed by atoms with Crippen LogP contribution in [0.15, 0.2) is 36.4 Å². The predicted octanol–water partition coefficient (Wildman–Crippen LogP) is 3.42. The topological polar surface area (TPSA) is 73.1 Å². The van der Waals surface area contributed by atoms with Gasteiger partial charge in [-0.25, -0.2) is 0 Å². The molecule has 2 aromatic carbocycles. The van der Waals surface area contributed by atoms with Gasteiger partial charge in [-0.3, -0.25) is 4.79 Å². The molecular weight excluding hydrogens is 345 g/mol. The lowest BCUT2D eigenvalue weighted by Gasteiger charge is -2.25. The molecule has 0 aliphatic carbocycles. The molecule has 4 nitrogen and oxygen atoms in total. The van der Waals surface area contributed by atoms with E-state index in [2.05, 4.69) is 5.32 Å². The van der Waals surface area contributed by atoms with Crippen molar-refractivity contribution < 1.29 is 23.1 Å². The second kappa shape index (κ2) is 5.23. The highest BCUT2D eigenvalue weighted by atomic mass is 35.5. The molecule has 3 rings (SSSR count). The van der Waals surface area contributed by atoms with Gasteiger partial charge in [-0.05, 0) is 18.2 Å². The fourth-order valence-corrected chi connectivity index (χ4v) is 3.03. The van der Waals surface area contributed by atoms with Crippen molar-refractivity contribution in [1.29, 1.82) is 5.26 Å². The number of carbonyl (C=O) groups is 1. The van der Waals surface area contributed by atoms with Crippen LogP contribution < -0.4 is 5.32 Å². The summed E-state index contributed by atoms with van der Waals surface area (Å²) in [6.45, 7) is 0. The van der Waals surface area contributed by atoms with Gasteiger partial charge in [0.1, 0.15) is 0 Å². The largest absolute Gasteiger partial charge is 0.416 e. The van der Waals surface area contributed by atoms with Crippen molar-refractivity contribution in [1.82, 2.24) is 0 Å². The van der Waals surface area contributed by atoms with E-state index in [-0.39, 0.29) is 21.8 Å². The maximum absolute atomic E-state index is 13.5. The molecule has 1 amide bonds. The number of benzene rings is 2. The number of nitrogens with one attached hydrogen (secondary N) is 1. The molecule has 24 heavy (non-hydrogen) atoms. The lowest BCUT2D eigenvalue weighted by Crippen LogP contribution is -2.37. The van der Waals surface area contributed by atoms with Crippen LogP contribution in [0.25, 0.3) is 0 Å². The number of aliphatic hydroxyl groups is 1. The number of anilines is 1. The number of nitriles is 1. The van der Waals surface area contributed by atoms with Crippen molar-refractivity contribution in [3.63, 3.8) is 0 Å². The molecule has 0 aromatic heterocycles. The molecule has 0 bridgehead atoms. The maximum atomic E-state index is 13.5. The first-order valence-electron chi connectivity index (χ1n) is 6.64. The van der Waals surface area contributed by atoms with Crippen molar-refractivity contribution in [2.75, 3.05) is 5.32 Å². The molecule has 2 aromatic rings. The second-order valence-electron chi connectivity index (χ2n) is 5.20. The van der Waals surface area contributed by atoms with Crippen molar-refractivity contribution in [2.24, 2.45) is 0 Å². The van der Waals surface area contributed by atoms with Crippen LogP contribution in [0, 0.1) is 11.3 Å². The van der Waals surface area contributed by atoms with E-state index in [1.165, 1.54) is 24.3 Å². The maximum Gasteiger partial charge on any atom is 0.416 e. The third-order valence-electron chi connectivity index (χ3n) is 3.78. The van der Waals surface area contributed by atoms with Crippen LogP contribution in [0.2, 0.25) is 5.02 Å². The average molecular weight is 353 g/mol. The zero-order valence-corrected chi connectivity index (χ0v) is 12.5. The Labute approximate surface area is 139 Å². The molecule has 8 heteroatoms. The molecule has 2 N–H and O–H groups in total. The van der Waals surface area contributed by atoms with Gasteiger partial charge in [0, 0.05) is 21.8 Å². The van der Waals surface area contributed by atoms with Crippen molar-refractivity contribution in [3.05, 3.63) is 63.7 Å². The predicted molar refractivity (Wildman–Crippen MR) is 79.2 cm³/mol. The van der Waals surface area contributed by atoms with Gasteiger partial charge in [0.05, 0.1) is 17.2 Å². The highest BCUT2D eigenvalue weighted by Crippen LogP contribution is 2.49. The Morgan fingerprint density at radius 3 is 2.50 bits per heavy atom. The highest BCUT2D eigenvalue weighted by Gasteiger charge is 2.53. The van der Waals surface area contributed by atoms with E-state index in [0.29, 0.717) is 6.07 Å². The Morgan fingerprint density at radius 2 is 1.92 bits per heavy atom. The smallest absolute Gasteiger partial charge is 0.372 e. The third-order valence-corrected chi connectivity index (χ3v) is 4.10. The molecule has 0 spiro atoms. The summed E-state index contributed by atoms with van der Waals surface area (Å²) in [5, 5.41) is 21.9. The summed E-state index contributed by atoms with van der Waals surface area (Å²) in [4.78, 5) is 12.3. The van der Waals surface area contributed by atoms with E-state index >= 15 is 0 Å². The molecule has 1 aliphatic rings. The van der Waals surface area contributed by atoms with Gasteiger partial charge >= 0.3 is 6.18 Å². The van der Waals surface area contributed by atoms with Crippen LogP contribution in [0.4, 0.5) is 18.9 Å². The van der Waals surface area contributed by atoms with Gasteiger partial charge in [0.25, 0.3) is 5.91 Å². The number of hydrogen-bond donors (Lipinski definition) is 2. The average Bonchev–Trinajstić information content (AvgIpc) is 2.77. The number of fused-ring (bicyclic) bond motifs is 1. The lowest BCUT2D eigenvalue weighted by atomic mass is 9.84. The third kappa shape index (κ3) is 2.23. The fourth-order valence-electron chi connectivity index (χ4n) is 2.76. The summed E-state index contributed by atoms with van der Waals surface area (Å²) in [7, 11) is 0. The van der Waals surface area contributed by atoms with E-state index in [0.717, 1.165) is 6.07 Å². The zero-order chi connectivity index (χ0) is 17.7. The number of nitrogens with zero attached hydrogens (tertiary/aromatic N) is 1. The first-order chi connectivity index (χ1) is 11.2. The summed E-state index contributed by atoms with van der Waals surface area (Å²) in [6, 6.07) is 8.88. The molecule has 1 atom stereocenters. The van der Waals surface area contributed by atoms with Crippen molar-refractivity contribution in [2.45, 2.75) is 11.8 Å². The van der Waals surface area contributed by atoms with Gasteiger partial charge < -0.3 is 10.4 Å². The fraction of sp³-hybridized carbons (Fsp3) is 0.125. The van der Waals surface area contributed by atoms with Crippen LogP contribution in [0.5, 0.6) is 0 Å². The van der Waals surface area contributed by atoms with E-state index in [1.807, 2.05) is 0 Å². The highest BCUT2D eigenvalue weighted by molar-refractivity contribution is 6.32. The molecular formula is C16H8ClF3N2O2. The minimum absolute atomic E-state index is 0.0551. The SMILES string of the molecule is N#Cc1cc2c(c(C(F)(F)F)c1)C(O)(c1ccccc1Cl)C(=O)N2. The summed E-state index contributed by atoms with van der Waals surface area (Å²) >= 11 is 5.98. The quantitative estimate of drug-likeness (QED) is 0.826. The lowest BCUT2D eigenvalue weighted by molar-refractivity contribution is -0.141. The first-order valence-corrected chi connectivity index (χ1v) is 7.02. The van der Waals surface area contributed by atoms with E-state index < -0.39 is 28.8 Å². The number of carbonyl (C=O) groups excluding carboxylic acids is 1. The summed E-state index contributed by atoms with van der Waals surface area (Å²) in [5.74, 6) is -1.06. The Bertz CT molecular complexity index is 905. The standard InChI is InChI=1S/C16H8ClF3N2O2/c17-11-4-2-1-3-9(11)15(24)13-10(16(18,19)20)5-8(7-21)6-12(13)22-14(15)23/h1-6,24H,(H,22,23). The molecule has 0 saturated carbocycles. The van der Waals surface area contributed by atoms with Crippen LogP contribution in [-0.4, -0.2) is 11.0 Å². The zero-order valence-electron chi connectivity index (χ0n) is 11.8. The second-order valence-corrected chi connectivity index (χ2v) is 5.61. The molecule has 0 fully saturated rings. The molecule has 1 unspecified atom stereocenters. The van der Waals surface area contributed by atoms with Gasteiger partial charge in [-0.15, -0.1) is 0 Å². The summed E-state index contributed by atoms with van der Waals surface area (Å²) < 4.78 is 40.4. The van der Waals surface area contributed by atoms with Gasteiger partial charge in [0.2, 0.25) is 0 Å². The Balaban J connectivity index is 2.39. The van der Waals surface area contributed by atoms with Crippen LogP contribution in [0.1, 0.15) is 22.3 Å². The van der Waals surface area contributed by atoms with Crippen LogP contribution in [-0.2, 0) is 16.6 Å². The summed E-state index contributed by atoms with van der Waals surface area (Å²) in [6.07, 6.45) is -4.88. The number of amides is 1. The van der Waals surface area contributed by atoms with Crippen LogP contribution >= 0.6 is 11.6 Å². The molecule has 1 aliphatic heterocycles. The molecule has 0 saturated heterocycles. The van der Waals surface area contributed by atoms with E-state index in [9.17, 15) is 23.1 Å². The van der Waals surface area contributed by atoms with Crippen molar-refractivity contribution in [3.8, 4) is 6.07 Å². The van der Waals surface area contributed by atoms with Crippen molar-refractivity contribution >= 4 is 23.2 Å². The summed E-state index contributed by atoms with van der Waals surface area (Å²) in [5.41, 5.74) is -5.26. The van der Waals surface area contributed by atoms with Gasteiger partial charge in [0.15, 0.2) is 5.60 Å². The van der Waals surface area contributed by atoms with Gasteiger partial charge in [-0.1, -0.05) is 29.8 Å². The van der Waals surface area contributed by atoms with Gasteiger partial charge in [-0.2, -0.15) is 18.4 Å². The Morgan fingerprint density at radius 1 is 1.25 bits per heavy atom. The minimum atomic E-state index is -4.88. The minimum Gasteiger partial charge on any atom is -0.372 e. The number of hydrogen-bond acceptors (Lipinski definition) is 3. The Kier molecular flexibility index (Phi) is 3.55. The molecule has 1 heterocycles. The number of rotatable bonds is 1. The van der Waals surface area contributed by atoms with Crippen LogP contribution in [0.3, 0.4) is 0 Å².